The van der Waals surface area contributed by atoms with Crippen LogP contribution >= 0.6 is 45.8 Å². The molecule has 2 nitrogen and oxygen atoms in total. The van der Waals surface area contributed by atoms with Crippen LogP contribution in [-0.4, -0.2) is 0 Å². The smallest absolute Gasteiger partial charge is 0.164 e. The van der Waals surface area contributed by atoms with Crippen LogP contribution in [0.4, 0.5) is 5.69 Å². The fourth-order valence-corrected chi connectivity index (χ4v) is 2.00. The zero-order valence-electron chi connectivity index (χ0n) is 8.14. The molecule has 5 heteroatoms. The molecule has 0 aliphatic heterocycles. The Morgan fingerprint density at radius 3 is 2.56 bits per heavy atom. The molecule has 84 valence electrons. The Hall–Kier alpha value is -0.390. The Bertz CT molecular complexity index is 498. The maximum Gasteiger partial charge on any atom is 0.164 e. The standard InChI is InChI=1S/C11H8Cl2INO/c12-9-3-1-7(5-10(9)13)15-6-8-2-4-11(14)16-8/h1-5,15H,6H2. The summed E-state index contributed by atoms with van der Waals surface area (Å²) in [5.41, 5.74) is 0.917. The van der Waals surface area contributed by atoms with E-state index in [-0.39, 0.29) is 0 Å². The van der Waals surface area contributed by atoms with E-state index in [4.69, 9.17) is 27.6 Å². The minimum absolute atomic E-state index is 0.542. The Kier molecular flexibility index (Phi) is 4.00. The predicted molar refractivity (Wildman–Crippen MR) is 75.2 cm³/mol. The molecule has 0 saturated carbocycles. The lowest BCUT2D eigenvalue weighted by atomic mass is 10.3. The van der Waals surface area contributed by atoms with Crippen molar-refractivity contribution >= 4 is 51.5 Å². The van der Waals surface area contributed by atoms with Crippen LogP contribution in [0.25, 0.3) is 0 Å². The van der Waals surface area contributed by atoms with E-state index >= 15 is 0 Å². The summed E-state index contributed by atoms with van der Waals surface area (Å²) in [5, 5.41) is 4.30. The van der Waals surface area contributed by atoms with Gasteiger partial charge in [0.1, 0.15) is 5.76 Å². The molecule has 0 bridgehead atoms. The van der Waals surface area contributed by atoms with Crippen LogP contribution in [0.1, 0.15) is 5.76 Å². The molecule has 16 heavy (non-hydrogen) atoms. The number of anilines is 1. The summed E-state index contributed by atoms with van der Waals surface area (Å²) in [7, 11) is 0. The lowest BCUT2D eigenvalue weighted by Gasteiger charge is -2.05. The number of hydrogen-bond donors (Lipinski definition) is 1. The topological polar surface area (TPSA) is 25.2 Å². The van der Waals surface area contributed by atoms with Crippen LogP contribution in [0.2, 0.25) is 10.0 Å². The number of nitrogens with one attached hydrogen (secondary N) is 1. The molecule has 1 heterocycles. The van der Waals surface area contributed by atoms with Crippen LogP contribution in [-0.2, 0) is 6.54 Å². The summed E-state index contributed by atoms with van der Waals surface area (Å²) in [6, 6.07) is 9.29. The molecule has 2 aromatic rings. The van der Waals surface area contributed by atoms with Gasteiger partial charge in [0.05, 0.1) is 16.6 Å². The van der Waals surface area contributed by atoms with Crippen molar-refractivity contribution in [2.45, 2.75) is 6.54 Å². The minimum Gasteiger partial charge on any atom is -0.454 e. The highest BCUT2D eigenvalue weighted by Gasteiger charge is 2.01. The van der Waals surface area contributed by atoms with Gasteiger partial charge in [-0.3, -0.25) is 0 Å². The molecule has 0 amide bonds. The van der Waals surface area contributed by atoms with Gasteiger partial charge in [-0.15, -0.1) is 0 Å². The van der Waals surface area contributed by atoms with Crippen LogP contribution < -0.4 is 5.32 Å². The first-order chi connectivity index (χ1) is 7.65. The van der Waals surface area contributed by atoms with Crippen molar-refractivity contribution in [2.75, 3.05) is 5.32 Å². The fourth-order valence-electron chi connectivity index (χ4n) is 1.24. The molecule has 2 rings (SSSR count). The van der Waals surface area contributed by atoms with Gasteiger partial charge in [0.15, 0.2) is 3.77 Å². The van der Waals surface area contributed by atoms with E-state index in [1.807, 2.05) is 18.2 Å². The second kappa shape index (κ2) is 5.29. The van der Waals surface area contributed by atoms with Crippen LogP contribution in [0.5, 0.6) is 0 Å². The maximum atomic E-state index is 5.90. The van der Waals surface area contributed by atoms with Crippen LogP contribution in [0, 0.1) is 3.77 Å². The highest BCUT2D eigenvalue weighted by molar-refractivity contribution is 14.1. The number of furan rings is 1. The molecule has 0 unspecified atom stereocenters. The van der Waals surface area contributed by atoms with Gasteiger partial charge in [0, 0.05) is 5.69 Å². The third kappa shape index (κ3) is 3.06. The molecule has 1 aromatic heterocycles. The van der Waals surface area contributed by atoms with Crippen molar-refractivity contribution in [2.24, 2.45) is 0 Å². The summed E-state index contributed by atoms with van der Waals surface area (Å²) in [6.07, 6.45) is 0. The molecule has 1 aromatic carbocycles. The lowest BCUT2D eigenvalue weighted by Crippen LogP contribution is -1.97. The van der Waals surface area contributed by atoms with Crippen molar-refractivity contribution in [3.05, 3.63) is 49.9 Å². The van der Waals surface area contributed by atoms with Gasteiger partial charge >= 0.3 is 0 Å². The van der Waals surface area contributed by atoms with E-state index in [2.05, 4.69) is 27.9 Å². The lowest BCUT2D eigenvalue weighted by molar-refractivity contribution is 0.493. The summed E-state index contributed by atoms with van der Waals surface area (Å²) in [5.74, 6) is 0.885. The molecule has 0 fully saturated rings. The van der Waals surface area contributed by atoms with Gasteiger partial charge in [0.2, 0.25) is 0 Å². The van der Waals surface area contributed by atoms with E-state index in [0.29, 0.717) is 16.6 Å². The van der Waals surface area contributed by atoms with Crippen molar-refractivity contribution in [3.8, 4) is 0 Å². The van der Waals surface area contributed by atoms with Crippen LogP contribution in [0.3, 0.4) is 0 Å². The average molecular weight is 368 g/mol. The Labute approximate surface area is 117 Å². The molecule has 0 radical (unpaired) electrons. The molecule has 1 N–H and O–H groups in total. The molecule has 0 atom stereocenters. The zero-order chi connectivity index (χ0) is 11.5. The summed E-state index contributed by atoms with van der Waals surface area (Å²) >= 11 is 13.9. The van der Waals surface area contributed by atoms with E-state index in [9.17, 15) is 0 Å². The van der Waals surface area contributed by atoms with E-state index in [1.165, 1.54) is 0 Å². The van der Waals surface area contributed by atoms with Gasteiger partial charge in [-0.25, -0.2) is 0 Å². The Morgan fingerprint density at radius 1 is 1.12 bits per heavy atom. The Balaban J connectivity index is 2.02. The van der Waals surface area contributed by atoms with Crippen molar-refractivity contribution in [1.82, 2.24) is 0 Å². The first-order valence-corrected chi connectivity index (χ1v) is 6.42. The third-order valence-electron chi connectivity index (χ3n) is 2.02. The molecule has 0 saturated heterocycles. The highest BCUT2D eigenvalue weighted by atomic mass is 127. The minimum atomic E-state index is 0.542. The van der Waals surface area contributed by atoms with Crippen molar-refractivity contribution in [1.29, 1.82) is 0 Å². The number of rotatable bonds is 3. The van der Waals surface area contributed by atoms with E-state index in [1.54, 1.807) is 12.1 Å². The number of hydrogen-bond acceptors (Lipinski definition) is 2. The first kappa shape index (κ1) is 12.1. The normalized spacial score (nSPS) is 10.4. The molecular formula is C11H8Cl2INO. The summed E-state index contributed by atoms with van der Waals surface area (Å²) < 4.78 is 6.30. The van der Waals surface area contributed by atoms with E-state index in [0.717, 1.165) is 15.2 Å². The Morgan fingerprint density at radius 2 is 1.94 bits per heavy atom. The molecule has 0 aliphatic rings. The monoisotopic (exact) mass is 367 g/mol. The average Bonchev–Trinajstić information content (AvgIpc) is 2.66. The number of benzene rings is 1. The summed E-state index contributed by atoms with van der Waals surface area (Å²) in [4.78, 5) is 0. The maximum absolute atomic E-state index is 5.90. The number of halogens is 3. The third-order valence-corrected chi connectivity index (χ3v) is 3.33. The fraction of sp³-hybridized carbons (Fsp3) is 0.0909. The van der Waals surface area contributed by atoms with Gasteiger partial charge < -0.3 is 9.73 Å². The molecule has 0 aliphatic carbocycles. The predicted octanol–water partition coefficient (Wildman–Crippen LogP) is 4.80. The molecular weight excluding hydrogens is 360 g/mol. The SMILES string of the molecule is Clc1ccc(NCc2ccc(I)o2)cc1Cl. The first-order valence-electron chi connectivity index (χ1n) is 4.58. The summed E-state index contributed by atoms with van der Waals surface area (Å²) in [6.45, 7) is 0.626. The largest absolute Gasteiger partial charge is 0.454 e. The second-order valence-electron chi connectivity index (χ2n) is 3.19. The van der Waals surface area contributed by atoms with Gasteiger partial charge in [-0.05, 0) is 52.9 Å². The van der Waals surface area contributed by atoms with Crippen molar-refractivity contribution in [3.63, 3.8) is 0 Å². The van der Waals surface area contributed by atoms with Gasteiger partial charge in [-0.1, -0.05) is 23.2 Å². The van der Waals surface area contributed by atoms with Crippen molar-refractivity contribution < 1.29 is 4.42 Å². The molecule has 0 spiro atoms. The van der Waals surface area contributed by atoms with Gasteiger partial charge in [-0.2, -0.15) is 0 Å². The van der Waals surface area contributed by atoms with E-state index < -0.39 is 0 Å². The van der Waals surface area contributed by atoms with Gasteiger partial charge in [0.25, 0.3) is 0 Å². The highest BCUT2D eigenvalue weighted by Crippen LogP contribution is 2.25. The second-order valence-corrected chi connectivity index (χ2v) is 5.07. The zero-order valence-corrected chi connectivity index (χ0v) is 11.8. The quantitative estimate of drug-likeness (QED) is 0.788. The van der Waals surface area contributed by atoms with Crippen LogP contribution in [0.15, 0.2) is 34.7 Å².